The minimum absolute atomic E-state index is 0.293. The number of nitrogens with zero attached hydrogens (tertiary/aromatic N) is 5. The highest BCUT2D eigenvalue weighted by Crippen LogP contribution is 2.27. The molecule has 8 heteroatoms. The van der Waals surface area contributed by atoms with Gasteiger partial charge >= 0.3 is 0 Å². The Bertz CT molecular complexity index is 558. The predicted octanol–water partition coefficient (Wildman–Crippen LogP) is 0.0157. The van der Waals surface area contributed by atoms with Crippen LogP contribution in [-0.2, 0) is 23.6 Å². The van der Waals surface area contributed by atoms with Crippen LogP contribution >= 0.6 is 0 Å². The molecule has 114 valence electrons. The quantitative estimate of drug-likeness (QED) is 0.784. The highest BCUT2D eigenvalue weighted by atomic mass is 32.2. The van der Waals surface area contributed by atoms with Crippen molar-refractivity contribution in [1.29, 1.82) is 0 Å². The molecule has 1 fully saturated rings. The summed E-state index contributed by atoms with van der Waals surface area (Å²) in [4.78, 5) is 2.06. The molecule has 2 heterocycles. The molecule has 1 aliphatic rings. The standard InChI is InChI=1S/C12H23N5O2S/c1-15(2)9-11-13-14-12(16(11)3)10-5-7-17(8-6-10)20(4,18)19/h10H,5-9H2,1-4H3. The Morgan fingerprint density at radius 3 is 2.35 bits per heavy atom. The molecule has 0 atom stereocenters. The van der Waals surface area contributed by atoms with Crippen LogP contribution in [0.4, 0.5) is 0 Å². The Hall–Kier alpha value is -0.990. The van der Waals surface area contributed by atoms with E-state index in [1.807, 2.05) is 25.7 Å². The molecule has 1 aromatic heterocycles. The summed E-state index contributed by atoms with van der Waals surface area (Å²) in [5.74, 6) is 2.20. The molecular formula is C12H23N5O2S. The van der Waals surface area contributed by atoms with Crippen molar-refractivity contribution in [1.82, 2.24) is 24.0 Å². The molecule has 0 amide bonds. The van der Waals surface area contributed by atoms with Crippen LogP contribution in [0.3, 0.4) is 0 Å². The van der Waals surface area contributed by atoms with Gasteiger partial charge in [0.15, 0.2) is 0 Å². The largest absolute Gasteiger partial charge is 0.317 e. The lowest BCUT2D eigenvalue weighted by Gasteiger charge is -2.29. The first-order chi connectivity index (χ1) is 9.29. The Kier molecular flexibility index (Phi) is 4.46. The van der Waals surface area contributed by atoms with Gasteiger partial charge in [0.05, 0.1) is 12.8 Å². The molecule has 1 aliphatic heterocycles. The number of sulfonamides is 1. The highest BCUT2D eigenvalue weighted by Gasteiger charge is 2.28. The van der Waals surface area contributed by atoms with Gasteiger partial charge in [0.2, 0.25) is 10.0 Å². The van der Waals surface area contributed by atoms with Crippen molar-refractivity contribution in [2.75, 3.05) is 33.4 Å². The lowest BCUT2D eigenvalue weighted by atomic mass is 9.97. The van der Waals surface area contributed by atoms with Crippen LogP contribution in [0.1, 0.15) is 30.4 Å². The molecule has 0 radical (unpaired) electrons. The number of hydrogen-bond acceptors (Lipinski definition) is 5. The van der Waals surface area contributed by atoms with Gasteiger partial charge in [-0.15, -0.1) is 10.2 Å². The summed E-state index contributed by atoms with van der Waals surface area (Å²) in [6, 6.07) is 0. The SMILES string of the molecule is CN(C)Cc1nnc(C2CCN(S(C)(=O)=O)CC2)n1C. The monoisotopic (exact) mass is 301 g/mol. The van der Waals surface area contributed by atoms with Crippen molar-refractivity contribution >= 4 is 10.0 Å². The van der Waals surface area contributed by atoms with Gasteiger partial charge in [-0.05, 0) is 26.9 Å². The zero-order chi connectivity index (χ0) is 14.9. The van der Waals surface area contributed by atoms with Crippen molar-refractivity contribution in [3.05, 3.63) is 11.6 Å². The van der Waals surface area contributed by atoms with Gasteiger partial charge in [-0.25, -0.2) is 12.7 Å². The molecular weight excluding hydrogens is 278 g/mol. The van der Waals surface area contributed by atoms with E-state index in [0.717, 1.165) is 31.0 Å². The van der Waals surface area contributed by atoms with E-state index in [-0.39, 0.29) is 0 Å². The van der Waals surface area contributed by atoms with E-state index in [0.29, 0.717) is 19.0 Å². The molecule has 7 nitrogen and oxygen atoms in total. The number of aromatic nitrogens is 3. The summed E-state index contributed by atoms with van der Waals surface area (Å²) in [6.07, 6.45) is 2.88. The fourth-order valence-corrected chi connectivity index (χ4v) is 3.47. The van der Waals surface area contributed by atoms with Gasteiger partial charge in [0.1, 0.15) is 11.6 Å². The topological polar surface area (TPSA) is 71.3 Å². The maximum absolute atomic E-state index is 11.5. The van der Waals surface area contributed by atoms with E-state index >= 15 is 0 Å². The third-order valence-corrected chi connectivity index (χ3v) is 5.05. The van der Waals surface area contributed by atoms with Crippen LogP contribution in [0.15, 0.2) is 0 Å². The fourth-order valence-electron chi connectivity index (χ4n) is 2.60. The maximum atomic E-state index is 11.5. The van der Waals surface area contributed by atoms with Crippen molar-refractivity contribution in [2.45, 2.75) is 25.3 Å². The molecule has 0 bridgehead atoms. The van der Waals surface area contributed by atoms with Gasteiger partial charge in [-0.2, -0.15) is 0 Å². The Morgan fingerprint density at radius 1 is 1.25 bits per heavy atom. The van der Waals surface area contributed by atoms with Gasteiger partial charge < -0.3 is 9.47 Å². The number of piperidine rings is 1. The number of hydrogen-bond donors (Lipinski definition) is 0. The van der Waals surface area contributed by atoms with Crippen LogP contribution in [0.25, 0.3) is 0 Å². The third-order valence-electron chi connectivity index (χ3n) is 3.74. The second-order valence-electron chi connectivity index (χ2n) is 5.71. The first-order valence-corrected chi connectivity index (χ1v) is 8.62. The first kappa shape index (κ1) is 15.4. The van der Waals surface area contributed by atoms with E-state index in [1.54, 1.807) is 4.31 Å². The summed E-state index contributed by atoms with van der Waals surface area (Å²) in [5, 5.41) is 8.54. The fraction of sp³-hybridized carbons (Fsp3) is 0.833. The van der Waals surface area contributed by atoms with E-state index in [4.69, 9.17) is 0 Å². The van der Waals surface area contributed by atoms with Crippen LogP contribution < -0.4 is 0 Å². The highest BCUT2D eigenvalue weighted by molar-refractivity contribution is 7.88. The molecule has 0 unspecified atom stereocenters. The molecule has 2 rings (SSSR count). The lowest BCUT2D eigenvalue weighted by molar-refractivity contribution is 0.311. The van der Waals surface area contributed by atoms with Crippen molar-refractivity contribution in [2.24, 2.45) is 7.05 Å². The number of rotatable bonds is 4. The van der Waals surface area contributed by atoms with E-state index in [1.165, 1.54) is 6.26 Å². The summed E-state index contributed by atoms with van der Waals surface area (Å²) >= 11 is 0. The van der Waals surface area contributed by atoms with Crippen LogP contribution in [-0.4, -0.2) is 65.8 Å². The molecule has 20 heavy (non-hydrogen) atoms. The van der Waals surface area contributed by atoms with Gasteiger partial charge in [0, 0.05) is 26.1 Å². The summed E-state index contributed by atoms with van der Waals surface area (Å²) < 4.78 is 26.6. The predicted molar refractivity (Wildman–Crippen MR) is 76.8 cm³/mol. The van der Waals surface area contributed by atoms with E-state index in [2.05, 4.69) is 15.1 Å². The molecule has 0 aromatic carbocycles. The van der Waals surface area contributed by atoms with Gasteiger partial charge in [-0.3, -0.25) is 0 Å². The molecule has 0 aliphatic carbocycles. The summed E-state index contributed by atoms with van der Waals surface area (Å²) in [5.41, 5.74) is 0. The van der Waals surface area contributed by atoms with E-state index in [9.17, 15) is 8.42 Å². The third kappa shape index (κ3) is 3.36. The molecule has 1 aromatic rings. The second-order valence-corrected chi connectivity index (χ2v) is 7.69. The molecule has 1 saturated heterocycles. The average Bonchev–Trinajstić information content (AvgIpc) is 2.69. The van der Waals surface area contributed by atoms with Crippen molar-refractivity contribution < 1.29 is 8.42 Å². The van der Waals surface area contributed by atoms with Crippen LogP contribution in [0.5, 0.6) is 0 Å². The van der Waals surface area contributed by atoms with Crippen LogP contribution in [0.2, 0.25) is 0 Å². The molecule has 0 N–H and O–H groups in total. The van der Waals surface area contributed by atoms with Crippen molar-refractivity contribution in [3.63, 3.8) is 0 Å². The zero-order valence-corrected chi connectivity index (χ0v) is 13.4. The van der Waals surface area contributed by atoms with Crippen LogP contribution in [0, 0.1) is 0 Å². The minimum atomic E-state index is -3.07. The van der Waals surface area contributed by atoms with Crippen molar-refractivity contribution in [3.8, 4) is 0 Å². The Labute approximate surface area is 120 Å². The molecule has 0 saturated carbocycles. The minimum Gasteiger partial charge on any atom is -0.317 e. The van der Waals surface area contributed by atoms with Gasteiger partial charge in [-0.1, -0.05) is 0 Å². The lowest BCUT2D eigenvalue weighted by Crippen LogP contribution is -2.37. The molecule has 0 spiro atoms. The summed E-state index contributed by atoms with van der Waals surface area (Å²) in [7, 11) is 2.91. The maximum Gasteiger partial charge on any atom is 0.211 e. The average molecular weight is 301 g/mol. The second kappa shape index (κ2) is 5.79. The zero-order valence-electron chi connectivity index (χ0n) is 12.6. The Balaban J connectivity index is 2.06. The summed E-state index contributed by atoms with van der Waals surface area (Å²) in [6.45, 7) is 1.89. The van der Waals surface area contributed by atoms with E-state index < -0.39 is 10.0 Å². The first-order valence-electron chi connectivity index (χ1n) is 6.77. The smallest absolute Gasteiger partial charge is 0.211 e. The van der Waals surface area contributed by atoms with Gasteiger partial charge in [0.25, 0.3) is 0 Å². The Morgan fingerprint density at radius 2 is 1.85 bits per heavy atom. The normalized spacial score (nSPS) is 18.9.